The summed E-state index contributed by atoms with van der Waals surface area (Å²) in [6.45, 7) is 3.93. The van der Waals surface area contributed by atoms with E-state index in [4.69, 9.17) is 4.74 Å². The van der Waals surface area contributed by atoms with E-state index in [1.54, 1.807) is 0 Å². The fourth-order valence-electron chi connectivity index (χ4n) is 4.11. The van der Waals surface area contributed by atoms with Crippen LogP contribution < -0.4 is 0 Å². The average molecular weight is 435 g/mol. The summed E-state index contributed by atoms with van der Waals surface area (Å²) in [5, 5.41) is 0. The first-order valence-corrected chi connectivity index (χ1v) is 11.6. The van der Waals surface area contributed by atoms with Crippen LogP contribution in [0.4, 0.5) is 13.2 Å². The van der Waals surface area contributed by atoms with E-state index in [1.807, 2.05) is 0 Å². The first-order chi connectivity index (χ1) is 13.7. The van der Waals surface area contributed by atoms with Crippen molar-refractivity contribution in [2.24, 2.45) is 0 Å². The summed E-state index contributed by atoms with van der Waals surface area (Å²) < 4.78 is 71.0. The lowest BCUT2D eigenvalue weighted by Gasteiger charge is -2.34. The van der Waals surface area contributed by atoms with Crippen molar-refractivity contribution < 1.29 is 26.3 Å². The van der Waals surface area contributed by atoms with Gasteiger partial charge >= 0.3 is 6.18 Å². The molecule has 3 rings (SSSR count). The zero-order valence-corrected chi connectivity index (χ0v) is 17.5. The SMILES string of the molecule is CN(C1CCC(OCCN2CCCC2)CC1)S(=O)(=O)c1ccc(C(F)(F)F)cc1. The minimum Gasteiger partial charge on any atom is -0.377 e. The van der Waals surface area contributed by atoms with Crippen molar-refractivity contribution in [1.82, 2.24) is 9.21 Å². The molecule has 0 N–H and O–H groups in total. The van der Waals surface area contributed by atoms with E-state index in [0.717, 1.165) is 56.7 Å². The van der Waals surface area contributed by atoms with Gasteiger partial charge in [-0.25, -0.2) is 8.42 Å². The smallest absolute Gasteiger partial charge is 0.377 e. The lowest BCUT2D eigenvalue weighted by atomic mass is 9.93. The number of likely N-dealkylation sites (tertiary alicyclic amines) is 1. The van der Waals surface area contributed by atoms with Gasteiger partial charge in [0.2, 0.25) is 10.0 Å². The maximum Gasteiger partial charge on any atom is 0.416 e. The third-order valence-corrected chi connectivity index (χ3v) is 7.90. The Morgan fingerprint density at radius 3 is 2.21 bits per heavy atom. The molecule has 5 nitrogen and oxygen atoms in total. The quantitative estimate of drug-likeness (QED) is 0.656. The van der Waals surface area contributed by atoms with Crippen molar-refractivity contribution in [3.05, 3.63) is 29.8 Å². The second kappa shape index (κ2) is 9.32. The Bertz CT molecular complexity index is 754. The van der Waals surface area contributed by atoms with Gasteiger partial charge in [0.05, 0.1) is 23.2 Å². The van der Waals surface area contributed by atoms with E-state index in [0.29, 0.717) is 19.4 Å². The maximum atomic E-state index is 12.8. The number of ether oxygens (including phenoxy) is 1. The van der Waals surface area contributed by atoms with Crippen LogP contribution in [-0.4, -0.2) is 63.1 Å². The third-order valence-electron chi connectivity index (χ3n) is 5.98. The number of hydrogen-bond acceptors (Lipinski definition) is 4. The molecule has 164 valence electrons. The van der Waals surface area contributed by atoms with Crippen LogP contribution in [0.2, 0.25) is 0 Å². The molecule has 1 aromatic rings. The van der Waals surface area contributed by atoms with Crippen molar-refractivity contribution >= 4 is 10.0 Å². The number of alkyl halides is 3. The van der Waals surface area contributed by atoms with Gasteiger partial charge in [-0.05, 0) is 75.9 Å². The molecule has 1 saturated carbocycles. The molecule has 1 aromatic carbocycles. The van der Waals surface area contributed by atoms with Crippen molar-refractivity contribution in [2.45, 2.75) is 61.7 Å². The van der Waals surface area contributed by atoms with Gasteiger partial charge in [-0.1, -0.05) is 0 Å². The van der Waals surface area contributed by atoms with Gasteiger partial charge in [0.25, 0.3) is 0 Å². The van der Waals surface area contributed by atoms with Crippen molar-refractivity contribution in [3.8, 4) is 0 Å². The van der Waals surface area contributed by atoms with Crippen LogP contribution in [-0.2, 0) is 20.9 Å². The van der Waals surface area contributed by atoms with E-state index < -0.39 is 21.8 Å². The molecule has 29 heavy (non-hydrogen) atoms. The highest BCUT2D eigenvalue weighted by molar-refractivity contribution is 7.89. The Kier molecular flexibility index (Phi) is 7.24. The largest absolute Gasteiger partial charge is 0.416 e. The zero-order valence-electron chi connectivity index (χ0n) is 16.7. The monoisotopic (exact) mass is 434 g/mol. The van der Waals surface area contributed by atoms with E-state index >= 15 is 0 Å². The molecule has 1 heterocycles. The molecule has 0 unspecified atom stereocenters. The van der Waals surface area contributed by atoms with Crippen LogP contribution in [0.3, 0.4) is 0 Å². The number of rotatable bonds is 7. The van der Waals surface area contributed by atoms with Gasteiger partial charge < -0.3 is 9.64 Å². The van der Waals surface area contributed by atoms with E-state index in [9.17, 15) is 21.6 Å². The summed E-state index contributed by atoms with van der Waals surface area (Å²) in [6.07, 6.45) is 1.12. The Morgan fingerprint density at radius 2 is 1.66 bits per heavy atom. The van der Waals surface area contributed by atoms with E-state index in [2.05, 4.69) is 4.90 Å². The Labute approximate surface area is 170 Å². The topological polar surface area (TPSA) is 49.9 Å². The molecule has 0 atom stereocenters. The Hall–Kier alpha value is -1.16. The molecule has 9 heteroatoms. The maximum absolute atomic E-state index is 12.8. The predicted molar refractivity (Wildman–Crippen MR) is 104 cm³/mol. The fourth-order valence-corrected chi connectivity index (χ4v) is 5.52. The molecule has 2 aliphatic rings. The third kappa shape index (κ3) is 5.71. The van der Waals surface area contributed by atoms with Gasteiger partial charge in [0.1, 0.15) is 0 Å². The van der Waals surface area contributed by atoms with Gasteiger partial charge in [-0.3, -0.25) is 0 Å². The highest BCUT2D eigenvalue weighted by atomic mass is 32.2. The molecule has 0 aromatic heterocycles. The lowest BCUT2D eigenvalue weighted by molar-refractivity contribution is -0.137. The number of benzene rings is 1. The number of hydrogen-bond donors (Lipinski definition) is 0. The average Bonchev–Trinajstić information content (AvgIpc) is 3.21. The molecular formula is C20H29F3N2O3S. The zero-order chi connectivity index (χ0) is 21.1. The molecule has 1 aliphatic heterocycles. The van der Waals surface area contributed by atoms with E-state index in [-0.39, 0.29) is 17.0 Å². The van der Waals surface area contributed by atoms with Crippen LogP contribution in [0.1, 0.15) is 44.1 Å². The van der Waals surface area contributed by atoms with Crippen LogP contribution in [0.15, 0.2) is 29.2 Å². The summed E-state index contributed by atoms with van der Waals surface area (Å²) in [4.78, 5) is 2.28. The fraction of sp³-hybridized carbons (Fsp3) is 0.700. The van der Waals surface area contributed by atoms with Gasteiger partial charge in [0, 0.05) is 19.6 Å². The van der Waals surface area contributed by atoms with E-state index in [1.165, 1.54) is 24.2 Å². The normalized spacial score (nSPS) is 24.3. The summed E-state index contributed by atoms with van der Waals surface area (Å²) >= 11 is 0. The highest BCUT2D eigenvalue weighted by Gasteiger charge is 2.34. The summed E-state index contributed by atoms with van der Waals surface area (Å²) in [6, 6.07) is 3.52. The molecule has 1 aliphatic carbocycles. The van der Waals surface area contributed by atoms with Crippen LogP contribution >= 0.6 is 0 Å². The second-order valence-corrected chi connectivity index (χ2v) is 9.89. The summed E-state index contributed by atoms with van der Waals surface area (Å²) in [5.41, 5.74) is -0.856. The molecule has 0 radical (unpaired) electrons. The highest BCUT2D eigenvalue weighted by Crippen LogP contribution is 2.32. The van der Waals surface area contributed by atoms with Crippen LogP contribution in [0.5, 0.6) is 0 Å². The predicted octanol–water partition coefficient (Wildman–Crippen LogP) is 3.75. The molecule has 0 spiro atoms. The van der Waals surface area contributed by atoms with Crippen molar-refractivity contribution in [3.63, 3.8) is 0 Å². The van der Waals surface area contributed by atoms with Crippen molar-refractivity contribution in [2.75, 3.05) is 33.3 Å². The number of halogens is 3. The standard InChI is InChI=1S/C20H29F3N2O3S/c1-24(29(26,27)19-10-4-16(5-11-19)20(21,22)23)17-6-8-18(9-7-17)28-15-14-25-12-2-3-13-25/h4-5,10-11,17-18H,2-3,6-9,12-15H2,1H3. The lowest BCUT2D eigenvalue weighted by Crippen LogP contribution is -2.41. The minimum atomic E-state index is -4.48. The summed E-state index contributed by atoms with van der Waals surface area (Å²) in [5.74, 6) is 0. The van der Waals surface area contributed by atoms with Gasteiger partial charge in [-0.15, -0.1) is 0 Å². The summed E-state index contributed by atoms with van der Waals surface area (Å²) in [7, 11) is -2.32. The molecule has 2 fully saturated rings. The van der Waals surface area contributed by atoms with Crippen LogP contribution in [0, 0.1) is 0 Å². The molecular weight excluding hydrogens is 405 g/mol. The van der Waals surface area contributed by atoms with Crippen molar-refractivity contribution in [1.29, 1.82) is 0 Å². The first kappa shape index (κ1) is 22.5. The number of sulfonamides is 1. The first-order valence-electron chi connectivity index (χ1n) is 10.2. The Morgan fingerprint density at radius 1 is 1.07 bits per heavy atom. The minimum absolute atomic E-state index is 0.114. The molecule has 1 saturated heterocycles. The second-order valence-electron chi connectivity index (χ2n) is 7.89. The van der Waals surface area contributed by atoms with Crippen LogP contribution in [0.25, 0.3) is 0 Å². The molecule has 0 bridgehead atoms. The Balaban J connectivity index is 1.50. The molecule has 0 amide bonds. The number of nitrogens with zero attached hydrogens (tertiary/aromatic N) is 2. The van der Waals surface area contributed by atoms with Gasteiger partial charge in [-0.2, -0.15) is 17.5 Å². The van der Waals surface area contributed by atoms with Gasteiger partial charge in [0.15, 0.2) is 0 Å².